The first-order valence-electron chi connectivity index (χ1n) is 5.69. The van der Waals surface area contributed by atoms with E-state index in [9.17, 15) is 9.18 Å². The summed E-state index contributed by atoms with van der Waals surface area (Å²) in [7, 11) is 0. The van der Waals surface area contributed by atoms with Crippen molar-refractivity contribution in [1.82, 2.24) is 9.97 Å². The summed E-state index contributed by atoms with van der Waals surface area (Å²) >= 11 is 0. The van der Waals surface area contributed by atoms with Gasteiger partial charge in [0.2, 0.25) is 0 Å². The lowest BCUT2D eigenvalue weighted by molar-refractivity contribution is -0.139. The fraction of sp³-hybridized carbons (Fsp3) is 0.583. The van der Waals surface area contributed by atoms with Crippen LogP contribution in [0.25, 0.3) is 0 Å². The average molecular weight is 240 g/mol. The van der Waals surface area contributed by atoms with Crippen LogP contribution in [0.5, 0.6) is 0 Å². The number of carboxylic acid groups (broad SMARTS) is 1. The first-order valence-corrected chi connectivity index (χ1v) is 5.69. The molecule has 0 bridgehead atoms. The Bertz CT molecular complexity index is 407. The molecule has 0 amide bonds. The smallest absolute Gasteiger partial charge is 0.312 e. The van der Waals surface area contributed by atoms with Crippen LogP contribution in [0, 0.1) is 11.7 Å². The van der Waals surface area contributed by atoms with Gasteiger partial charge in [-0.3, -0.25) is 4.79 Å². The lowest BCUT2D eigenvalue weighted by Gasteiger charge is -2.15. The Morgan fingerprint density at radius 2 is 2.12 bits per heavy atom. The third-order valence-electron chi connectivity index (χ3n) is 2.56. The van der Waals surface area contributed by atoms with E-state index in [1.54, 1.807) is 6.92 Å². The number of aryl methyl sites for hydroxylation is 1. The molecule has 0 aliphatic rings. The molecule has 1 heterocycles. The van der Waals surface area contributed by atoms with E-state index in [1.165, 1.54) is 6.33 Å². The number of aromatic nitrogens is 2. The molecule has 1 aromatic heterocycles. The summed E-state index contributed by atoms with van der Waals surface area (Å²) in [5.41, 5.74) is 0.267. The van der Waals surface area contributed by atoms with Crippen molar-refractivity contribution in [3.05, 3.63) is 23.5 Å². The number of hydrogen-bond acceptors (Lipinski definition) is 3. The normalized spacial score (nSPS) is 12.8. The Labute approximate surface area is 99.9 Å². The molecule has 0 aliphatic carbocycles. The average Bonchev–Trinajstić information content (AvgIpc) is 2.26. The van der Waals surface area contributed by atoms with Gasteiger partial charge in [0.05, 0.1) is 11.4 Å². The van der Waals surface area contributed by atoms with Gasteiger partial charge in [-0.25, -0.2) is 14.4 Å². The van der Waals surface area contributed by atoms with Gasteiger partial charge in [-0.2, -0.15) is 0 Å². The van der Waals surface area contributed by atoms with Crippen molar-refractivity contribution < 1.29 is 14.3 Å². The molecule has 0 spiro atoms. The summed E-state index contributed by atoms with van der Waals surface area (Å²) in [5, 5.41) is 9.14. The van der Waals surface area contributed by atoms with Crippen LogP contribution >= 0.6 is 0 Å². The molecular weight excluding hydrogens is 223 g/mol. The van der Waals surface area contributed by atoms with E-state index < -0.39 is 17.7 Å². The number of rotatable bonds is 5. The molecule has 0 saturated heterocycles. The third kappa shape index (κ3) is 3.22. The lowest BCUT2D eigenvalue weighted by Crippen LogP contribution is -2.18. The Morgan fingerprint density at radius 3 is 2.59 bits per heavy atom. The topological polar surface area (TPSA) is 63.1 Å². The van der Waals surface area contributed by atoms with E-state index in [1.807, 2.05) is 13.8 Å². The zero-order chi connectivity index (χ0) is 13.0. The summed E-state index contributed by atoms with van der Waals surface area (Å²) in [6.07, 6.45) is 2.02. The second-order valence-corrected chi connectivity index (χ2v) is 4.39. The zero-order valence-electron chi connectivity index (χ0n) is 10.3. The van der Waals surface area contributed by atoms with Gasteiger partial charge in [0.1, 0.15) is 12.2 Å². The molecule has 1 N–H and O–H groups in total. The predicted octanol–water partition coefficient (Wildman–Crippen LogP) is 2.39. The van der Waals surface area contributed by atoms with E-state index in [0.717, 1.165) is 0 Å². The molecule has 4 nitrogen and oxygen atoms in total. The minimum absolute atomic E-state index is 0.00181. The van der Waals surface area contributed by atoms with E-state index in [4.69, 9.17) is 5.11 Å². The van der Waals surface area contributed by atoms with Crippen LogP contribution in [0.2, 0.25) is 0 Å². The van der Waals surface area contributed by atoms with Gasteiger partial charge in [0, 0.05) is 0 Å². The first-order chi connectivity index (χ1) is 7.97. The Balaban J connectivity index is 3.14. The van der Waals surface area contributed by atoms with Crippen LogP contribution in [-0.4, -0.2) is 21.0 Å². The summed E-state index contributed by atoms with van der Waals surface area (Å²) in [6.45, 7) is 5.57. The molecule has 1 atom stereocenters. The van der Waals surface area contributed by atoms with E-state index in [-0.39, 0.29) is 17.3 Å². The summed E-state index contributed by atoms with van der Waals surface area (Å²) < 4.78 is 13.9. The number of halogens is 1. The predicted molar refractivity (Wildman–Crippen MR) is 61.2 cm³/mol. The molecule has 17 heavy (non-hydrogen) atoms. The second kappa shape index (κ2) is 5.70. The van der Waals surface area contributed by atoms with Gasteiger partial charge in [0.25, 0.3) is 0 Å². The van der Waals surface area contributed by atoms with Gasteiger partial charge >= 0.3 is 5.97 Å². The molecule has 1 unspecified atom stereocenters. The molecule has 94 valence electrons. The van der Waals surface area contributed by atoms with Crippen molar-refractivity contribution >= 4 is 5.97 Å². The van der Waals surface area contributed by atoms with E-state index >= 15 is 0 Å². The van der Waals surface area contributed by atoms with Gasteiger partial charge in [-0.1, -0.05) is 20.8 Å². The van der Waals surface area contributed by atoms with E-state index in [0.29, 0.717) is 12.8 Å². The molecule has 0 saturated carbocycles. The van der Waals surface area contributed by atoms with Crippen molar-refractivity contribution in [3.63, 3.8) is 0 Å². The van der Waals surface area contributed by atoms with Crippen molar-refractivity contribution in [2.75, 3.05) is 0 Å². The SMILES string of the molecule is CCc1ncnc(C(CC(C)C)C(=O)O)c1F. The molecule has 0 aromatic carbocycles. The van der Waals surface area contributed by atoms with Crippen LogP contribution in [0.15, 0.2) is 6.33 Å². The third-order valence-corrected chi connectivity index (χ3v) is 2.56. The Kier molecular flexibility index (Phi) is 4.54. The van der Waals surface area contributed by atoms with E-state index in [2.05, 4.69) is 9.97 Å². The van der Waals surface area contributed by atoms with Gasteiger partial charge in [-0.15, -0.1) is 0 Å². The summed E-state index contributed by atoms with van der Waals surface area (Å²) in [5.74, 6) is -2.36. The van der Waals surface area contributed by atoms with Crippen LogP contribution < -0.4 is 0 Å². The second-order valence-electron chi connectivity index (χ2n) is 4.39. The van der Waals surface area contributed by atoms with Crippen LogP contribution in [0.3, 0.4) is 0 Å². The molecule has 1 aromatic rings. The molecule has 0 fully saturated rings. The number of carbonyl (C=O) groups is 1. The number of carboxylic acids is 1. The van der Waals surface area contributed by atoms with Crippen molar-refractivity contribution in [1.29, 1.82) is 0 Å². The molecule has 5 heteroatoms. The first kappa shape index (κ1) is 13.5. The highest BCUT2D eigenvalue weighted by Gasteiger charge is 2.27. The summed E-state index contributed by atoms with van der Waals surface area (Å²) in [6, 6.07) is 0. The van der Waals surface area contributed by atoms with Crippen molar-refractivity contribution in [2.45, 2.75) is 39.5 Å². The number of nitrogens with zero attached hydrogens (tertiary/aromatic N) is 2. The van der Waals surface area contributed by atoms with Crippen LogP contribution in [0.4, 0.5) is 4.39 Å². The highest BCUT2D eigenvalue weighted by Crippen LogP contribution is 2.25. The molecule has 0 aliphatic heterocycles. The maximum Gasteiger partial charge on any atom is 0.312 e. The Morgan fingerprint density at radius 1 is 1.47 bits per heavy atom. The monoisotopic (exact) mass is 240 g/mol. The zero-order valence-corrected chi connectivity index (χ0v) is 10.3. The molecule has 1 rings (SSSR count). The number of hydrogen-bond donors (Lipinski definition) is 1. The van der Waals surface area contributed by atoms with Crippen molar-refractivity contribution in [3.8, 4) is 0 Å². The lowest BCUT2D eigenvalue weighted by atomic mass is 9.93. The minimum Gasteiger partial charge on any atom is -0.481 e. The number of aliphatic carboxylic acids is 1. The largest absolute Gasteiger partial charge is 0.481 e. The van der Waals surface area contributed by atoms with Crippen molar-refractivity contribution in [2.24, 2.45) is 5.92 Å². The maximum absolute atomic E-state index is 13.9. The highest BCUT2D eigenvalue weighted by molar-refractivity contribution is 5.75. The molecule has 0 radical (unpaired) electrons. The van der Waals surface area contributed by atoms with Gasteiger partial charge < -0.3 is 5.11 Å². The fourth-order valence-corrected chi connectivity index (χ4v) is 1.71. The van der Waals surface area contributed by atoms with Crippen LogP contribution in [0.1, 0.15) is 44.5 Å². The highest BCUT2D eigenvalue weighted by atomic mass is 19.1. The maximum atomic E-state index is 13.9. The Hall–Kier alpha value is -1.52. The minimum atomic E-state index is -1.04. The molecular formula is C12H17FN2O2. The van der Waals surface area contributed by atoms with Crippen LogP contribution in [-0.2, 0) is 11.2 Å². The van der Waals surface area contributed by atoms with Gasteiger partial charge in [0.15, 0.2) is 5.82 Å². The summed E-state index contributed by atoms with van der Waals surface area (Å²) in [4.78, 5) is 18.8. The quantitative estimate of drug-likeness (QED) is 0.858. The fourth-order valence-electron chi connectivity index (χ4n) is 1.71. The van der Waals surface area contributed by atoms with Gasteiger partial charge in [-0.05, 0) is 18.8 Å². The standard InChI is InChI=1S/C12H17FN2O2/c1-4-9-10(13)11(15-6-14-9)8(12(16)17)5-7(2)3/h6-8H,4-5H2,1-3H3,(H,16,17).